The molecule has 0 bridgehead atoms. The van der Waals surface area contributed by atoms with Crippen molar-refractivity contribution in [2.24, 2.45) is 0 Å². The Kier molecular flexibility index (Phi) is 6.49. The summed E-state index contributed by atoms with van der Waals surface area (Å²) >= 11 is 0. The zero-order valence-corrected chi connectivity index (χ0v) is 9.30. The predicted octanol–water partition coefficient (Wildman–Crippen LogP) is 1.23. The lowest BCUT2D eigenvalue weighted by molar-refractivity contribution is 0.424. The molecule has 0 aliphatic rings. The van der Waals surface area contributed by atoms with Gasteiger partial charge in [-0.2, -0.15) is 0 Å². The van der Waals surface area contributed by atoms with Gasteiger partial charge in [-0.25, -0.2) is 0 Å². The van der Waals surface area contributed by atoms with Crippen LogP contribution in [0.2, 0.25) is 19.5 Å². The maximum Gasteiger partial charge on any atom is 0.139 e. The SMILES string of the molecule is CB(CCN(C)C)CCN(C)C. The van der Waals surface area contributed by atoms with Gasteiger partial charge in [0, 0.05) is 0 Å². The summed E-state index contributed by atoms with van der Waals surface area (Å²) in [7, 11) is 8.55. The van der Waals surface area contributed by atoms with E-state index >= 15 is 0 Å². The predicted molar refractivity (Wildman–Crippen MR) is 58.3 cm³/mol. The van der Waals surface area contributed by atoms with Crippen LogP contribution in [-0.2, 0) is 0 Å². The Morgan fingerprint density at radius 2 is 1.17 bits per heavy atom. The molecule has 0 heterocycles. The van der Waals surface area contributed by atoms with Crippen LogP contribution in [0.15, 0.2) is 0 Å². The third-order valence-electron chi connectivity index (χ3n) is 2.14. The van der Waals surface area contributed by atoms with E-state index in [-0.39, 0.29) is 0 Å². The van der Waals surface area contributed by atoms with Crippen LogP contribution < -0.4 is 0 Å². The molecule has 0 aliphatic carbocycles. The normalized spacial score (nSPS) is 11.2. The van der Waals surface area contributed by atoms with Crippen molar-refractivity contribution in [3.63, 3.8) is 0 Å². The summed E-state index contributed by atoms with van der Waals surface area (Å²) in [5.74, 6) is 0. The Hall–Kier alpha value is -0.0151. The Morgan fingerprint density at radius 1 is 0.833 bits per heavy atom. The molecule has 0 radical (unpaired) electrons. The molecule has 0 N–H and O–H groups in total. The van der Waals surface area contributed by atoms with E-state index in [2.05, 4.69) is 44.8 Å². The second-order valence-corrected chi connectivity index (χ2v) is 4.29. The number of nitrogens with zero attached hydrogens (tertiary/aromatic N) is 2. The number of rotatable bonds is 6. The van der Waals surface area contributed by atoms with Gasteiger partial charge in [0.15, 0.2) is 0 Å². The second kappa shape index (κ2) is 6.50. The fourth-order valence-electron chi connectivity index (χ4n) is 1.10. The number of hydrogen-bond acceptors (Lipinski definition) is 2. The summed E-state index contributed by atoms with van der Waals surface area (Å²) in [6, 6.07) is 0. The van der Waals surface area contributed by atoms with E-state index in [0.29, 0.717) is 0 Å². The molecule has 0 saturated carbocycles. The van der Waals surface area contributed by atoms with Gasteiger partial charge in [-0.1, -0.05) is 19.5 Å². The van der Waals surface area contributed by atoms with E-state index in [1.165, 1.54) is 25.7 Å². The van der Waals surface area contributed by atoms with Crippen LogP contribution in [0.25, 0.3) is 0 Å². The van der Waals surface area contributed by atoms with Crippen molar-refractivity contribution < 1.29 is 0 Å². The van der Waals surface area contributed by atoms with Crippen molar-refractivity contribution in [3.8, 4) is 0 Å². The highest BCUT2D eigenvalue weighted by Crippen LogP contribution is 2.00. The molecule has 0 saturated heterocycles. The molecule has 0 amide bonds. The van der Waals surface area contributed by atoms with Crippen LogP contribution in [0.1, 0.15) is 0 Å². The van der Waals surface area contributed by atoms with Gasteiger partial charge in [-0.05, 0) is 41.3 Å². The van der Waals surface area contributed by atoms with Crippen molar-refractivity contribution in [2.45, 2.75) is 19.5 Å². The van der Waals surface area contributed by atoms with Gasteiger partial charge in [0.1, 0.15) is 6.71 Å². The molecule has 3 heteroatoms. The van der Waals surface area contributed by atoms with Crippen LogP contribution in [0, 0.1) is 0 Å². The van der Waals surface area contributed by atoms with Crippen LogP contribution in [0.4, 0.5) is 0 Å². The van der Waals surface area contributed by atoms with E-state index in [4.69, 9.17) is 0 Å². The van der Waals surface area contributed by atoms with E-state index < -0.39 is 0 Å². The highest BCUT2D eigenvalue weighted by Gasteiger charge is 2.06. The maximum absolute atomic E-state index is 2.34. The molecule has 0 aromatic carbocycles. The van der Waals surface area contributed by atoms with Gasteiger partial charge < -0.3 is 9.80 Å². The quantitative estimate of drug-likeness (QED) is 0.553. The standard InChI is InChI=1S/C9H23BN2/c1-10(6-8-11(2)3)7-9-12(4)5/h6-9H2,1-5H3. The Morgan fingerprint density at radius 3 is 1.42 bits per heavy atom. The lowest BCUT2D eigenvalue weighted by Gasteiger charge is -2.15. The van der Waals surface area contributed by atoms with Crippen molar-refractivity contribution in [3.05, 3.63) is 0 Å². The van der Waals surface area contributed by atoms with Crippen molar-refractivity contribution in [1.82, 2.24) is 9.80 Å². The summed E-state index contributed by atoms with van der Waals surface area (Å²) in [4.78, 5) is 4.51. The van der Waals surface area contributed by atoms with E-state index in [1.807, 2.05) is 0 Å². The Labute approximate surface area is 78.0 Å². The first kappa shape index (κ1) is 12.0. The van der Waals surface area contributed by atoms with Gasteiger partial charge in [0.05, 0.1) is 0 Å². The fourth-order valence-corrected chi connectivity index (χ4v) is 1.10. The maximum atomic E-state index is 2.34. The highest BCUT2D eigenvalue weighted by molar-refractivity contribution is 6.57. The van der Waals surface area contributed by atoms with Gasteiger partial charge >= 0.3 is 0 Å². The van der Waals surface area contributed by atoms with Crippen molar-refractivity contribution in [2.75, 3.05) is 41.3 Å². The Balaban J connectivity index is 3.27. The van der Waals surface area contributed by atoms with E-state index in [1.54, 1.807) is 0 Å². The summed E-state index contributed by atoms with van der Waals surface area (Å²) in [5.41, 5.74) is 0. The third kappa shape index (κ3) is 8.09. The second-order valence-electron chi connectivity index (χ2n) is 4.29. The van der Waals surface area contributed by atoms with Gasteiger partial charge in [0.25, 0.3) is 0 Å². The monoisotopic (exact) mass is 170 g/mol. The van der Waals surface area contributed by atoms with Crippen LogP contribution in [-0.4, -0.2) is 57.8 Å². The van der Waals surface area contributed by atoms with Gasteiger partial charge in [-0.15, -0.1) is 0 Å². The first-order valence-electron chi connectivity index (χ1n) is 4.82. The molecule has 0 unspecified atom stereocenters. The number of hydrogen-bond donors (Lipinski definition) is 0. The summed E-state index contributed by atoms with van der Waals surface area (Å²) in [6.45, 7) is 5.63. The summed E-state index contributed by atoms with van der Waals surface area (Å²) < 4.78 is 0. The molecule has 0 fully saturated rings. The molecule has 0 atom stereocenters. The molecule has 0 aliphatic heterocycles. The lowest BCUT2D eigenvalue weighted by Crippen LogP contribution is -2.23. The van der Waals surface area contributed by atoms with Crippen LogP contribution >= 0.6 is 0 Å². The van der Waals surface area contributed by atoms with E-state index in [9.17, 15) is 0 Å². The highest BCUT2D eigenvalue weighted by atomic mass is 15.0. The van der Waals surface area contributed by atoms with Crippen LogP contribution in [0.3, 0.4) is 0 Å². The molecular weight excluding hydrogens is 147 g/mol. The molecular formula is C9H23BN2. The minimum Gasteiger partial charge on any atom is -0.310 e. The molecule has 72 valence electrons. The zero-order valence-electron chi connectivity index (χ0n) is 9.30. The molecule has 12 heavy (non-hydrogen) atoms. The van der Waals surface area contributed by atoms with Crippen molar-refractivity contribution in [1.29, 1.82) is 0 Å². The smallest absolute Gasteiger partial charge is 0.139 e. The van der Waals surface area contributed by atoms with Crippen molar-refractivity contribution >= 4 is 6.71 Å². The lowest BCUT2D eigenvalue weighted by atomic mass is 9.47. The Bertz CT molecular complexity index is 92.7. The van der Waals surface area contributed by atoms with Crippen LogP contribution in [0.5, 0.6) is 0 Å². The van der Waals surface area contributed by atoms with E-state index in [0.717, 1.165) is 6.71 Å². The minimum absolute atomic E-state index is 0.856. The fraction of sp³-hybridized carbons (Fsp3) is 1.00. The van der Waals surface area contributed by atoms with Gasteiger partial charge in [0.2, 0.25) is 0 Å². The zero-order chi connectivity index (χ0) is 9.56. The average molecular weight is 170 g/mol. The average Bonchev–Trinajstić information content (AvgIpc) is 1.96. The molecule has 0 aromatic rings. The molecule has 2 nitrogen and oxygen atoms in total. The van der Waals surface area contributed by atoms with Gasteiger partial charge in [-0.3, -0.25) is 0 Å². The summed E-state index contributed by atoms with van der Waals surface area (Å²) in [5, 5.41) is 0. The third-order valence-corrected chi connectivity index (χ3v) is 2.14. The summed E-state index contributed by atoms with van der Waals surface area (Å²) in [6.07, 6.45) is 2.64. The first-order chi connectivity index (χ1) is 5.52. The molecule has 0 spiro atoms. The topological polar surface area (TPSA) is 6.48 Å². The first-order valence-corrected chi connectivity index (χ1v) is 4.82. The molecule has 0 rings (SSSR count). The molecule has 0 aromatic heterocycles. The minimum atomic E-state index is 0.856. The largest absolute Gasteiger partial charge is 0.310 e.